The van der Waals surface area contributed by atoms with E-state index >= 15 is 0 Å². The molecule has 0 radical (unpaired) electrons. The third-order valence-electron chi connectivity index (χ3n) is 7.33. The van der Waals surface area contributed by atoms with Crippen LogP contribution in [0.2, 0.25) is 0 Å². The second-order valence-corrected chi connectivity index (χ2v) is 10.1. The van der Waals surface area contributed by atoms with Gasteiger partial charge in [-0.3, -0.25) is 4.79 Å². The van der Waals surface area contributed by atoms with Crippen molar-refractivity contribution in [3.05, 3.63) is 156 Å². The highest BCUT2D eigenvalue weighted by Gasteiger charge is 2.34. The van der Waals surface area contributed by atoms with Crippen molar-refractivity contribution in [1.82, 2.24) is 0 Å². The van der Waals surface area contributed by atoms with E-state index in [-0.39, 0.29) is 11.7 Å². The van der Waals surface area contributed by atoms with E-state index in [4.69, 9.17) is 16.3 Å². The van der Waals surface area contributed by atoms with Crippen molar-refractivity contribution < 1.29 is 9.53 Å². The predicted molar refractivity (Wildman–Crippen MR) is 165 cm³/mol. The van der Waals surface area contributed by atoms with Crippen molar-refractivity contribution in [3.8, 4) is 11.5 Å². The van der Waals surface area contributed by atoms with Crippen LogP contribution in [-0.4, -0.2) is 11.7 Å². The summed E-state index contributed by atoms with van der Waals surface area (Å²) >= 11 is 6.46. The fourth-order valence-electron chi connectivity index (χ4n) is 5.52. The van der Waals surface area contributed by atoms with Gasteiger partial charge in [0, 0.05) is 34.1 Å². The number of anilines is 2. The molecule has 3 nitrogen and oxygen atoms in total. The van der Waals surface area contributed by atoms with Gasteiger partial charge in [0.05, 0.1) is 17.1 Å². The van der Waals surface area contributed by atoms with E-state index < -0.39 is 0 Å². The van der Waals surface area contributed by atoms with Gasteiger partial charge in [0.25, 0.3) is 0 Å². The van der Waals surface area contributed by atoms with Crippen LogP contribution < -0.4 is 9.64 Å². The Labute approximate surface area is 239 Å². The Morgan fingerprint density at radius 2 is 1.55 bits per heavy atom. The van der Waals surface area contributed by atoms with E-state index in [1.165, 1.54) is 0 Å². The lowest BCUT2D eigenvalue weighted by Gasteiger charge is -2.33. The third-order valence-corrected chi connectivity index (χ3v) is 7.64. The number of halogens is 1. The first-order valence-electron chi connectivity index (χ1n) is 13.3. The zero-order chi connectivity index (χ0) is 27.6. The SMILES string of the molecule is C=CCc1ccc(N(C(=C)CCl)c2c3c(c(Oc4ccccc4)c4ccccc24)C(=O)c2ccccc2C3)cc1. The van der Waals surface area contributed by atoms with Gasteiger partial charge in [0.1, 0.15) is 11.5 Å². The van der Waals surface area contributed by atoms with Crippen LogP contribution in [0.25, 0.3) is 10.8 Å². The van der Waals surface area contributed by atoms with Crippen LogP contribution in [0.5, 0.6) is 11.5 Å². The van der Waals surface area contributed by atoms with E-state index in [2.05, 4.69) is 48.4 Å². The average molecular weight is 542 g/mol. The summed E-state index contributed by atoms with van der Waals surface area (Å²) in [6.07, 6.45) is 3.25. The van der Waals surface area contributed by atoms with Crippen LogP contribution in [0.1, 0.15) is 32.6 Å². The molecule has 0 spiro atoms. The molecule has 0 saturated heterocycles. The first-order valence-corrected chi connectivity index (χ1v) is 13.8. The standard InChI is InChI=1S/C36H28ClNO2/c1-3-11-25-18-20-27(21-19-25)38(24(2)23-37)34-30-16-9-10-17-31(30)36(40-28-13-5-4-6-14-28)33-32(34)22-26-12-7-8-15-29(26)35(33)39/h3-10,12-21H,1-2,11,22-23H2. The fourth-order valence-corrected chi connectivity index (χ4v) is 5.64. The summed E-state index contributed by atoms with van der Waals surface area (Å²) in [5.74, 6) is 1.42. The van der Waals surface area contributed by atoms with Gasteiger partial charge in [0.15, 0.2) is 5.78 Å². The van der Waals surface area contributed by atoms with E-state index in [0.29, 0.717) is 34.7 Å². The van der Waals surface area contributed by atoms with Crippen molar-refractivity contribution in [3.63, 3.8) is 0 Å². The number of alkyl halides is 1. The molecule has 1 aliphatic carbocycles. The number of hydrogen-bond donors (Lipinski definition) is 0. The number of ether oxygens (including phenoxy) is 1. The summed E-state index contributed by atoms with van der Waals surface area (Å²) in [5, 5.41) is 1.81. The highest BCUT2D eigenvalue weighted by molar-refractivity contribution is 6.21. The van der Waals surface area contributed by atoms with Crippen LogP contribution in [0.4, 0.5) is 11.4 Å². The second kappa shape index (κ2) is 10.9. The summed E-state index contributed by atoms with van der Waals surface area (Å²) in [5.41, 5.74) is 6.86. The van der Waals surface area contributed by atoms with Crippen molar-refractivity contribution in [2.45, 2.75) is 12.8 Å². The molecule has 1 aliphatic rings. The number of allylic oxidation sites excluding steroid dienone is 2. The van der Waals surface area contributed by atoms with E-state index in [1.807, 2.05) is 78.9 Å². The van der Waals surface area contributed by atoms with Gasteiger partial charge in [-0.15, -0.1) is 18.2 Å². The van der Waals surface area contributed by atoms with Gasteiger partial charge < -0.3 is 9.64 Å². The van der Waals surface area contributed by atoms with Crippen LogP contribution in [0.15, 0.2) is 128 Å². The highest BCUT2D eigenvalue weighted by atomic mass is 35.5. The van der Waals surface area contributed by atoms with Crippen molar-refractivity contribution in [2.75, 3.05) is 10.8 Å². The number of fused-ring (bicyclic) bond motifs is 3. The van der Waals surface area contributed by atoms with Gasteiger partial charge in [-0.25, -0.2) is 0 Å². The fraction of sp³-hybridized carbons (Fsp3) is 0.0833. The van der Waals surface area contributed by atoms with Crippen LogP contribution >= 0.6 is 11.6 Å². The Bertz CT molecular complexity index is 1760. The Morgan fingerprint density at radius 3 is 2.27 bits per heavy atom. The molecular weight excluding hydrogens is 514 g/mol. The average Bonchev–Trinajstić information content (AvgIpc) is 3.00. The molecule has 5 aromatic rings. The van der Waals surface area contributed by atoms with Gasteiger partial charge in [0.2, 0.25) is 0 Å². The van der Waals surface area contributed by atoms with Crippen molar-refractivity contribution >= 4 is 39.5 Å². The lowest BCUT2D eigenvalue weighted by molar-refractivity contribution is 0.103. The summed E-state index contributed by atoms with van der Waals surface area (Å²) in [4.78, 5) is 16.4. The number of benzene rings is 5. The molecule has 0 saturated carbocycles. The summed E-state index contributed by atoms with van der Waals surface area (Å²) in [7, 11) is 0. The maximum atomic E-state index is 14.3. The monoisotopic (exact) mass is 541 g/mol. The molecule has 0 aromatic heterocycles. The smallest absolute Gasteiger partial charge is 0.197 e. The Morgan fingerprint density at radius 1 is 0.875 bits per heavy atom. The Kier molecular flexibility index (Phi) is 6.98. The maximum absolute atomic E-state index is 14.3. The number of ketones is 1. The minimum absolute atomic E-state index is 0.0486. The van der Waals surface area contributed by atoms with Crippen molar-refractivity contribution in [1.29, 1.82) is 0 Å². The molecule has 5 aromatic carbocycles. The lowest BCUT2D eigenvalue weighted by Crippen LogP contribution is -2.24. The predicted octanol–water partition coefficient (Wildman–Crippen LogP) is 9.39. The second-order valence-electron chi connectivity index (χ2n) is 9.85. The molecule has 196 valence electrons. The van der Waals surface area contributed by atoms with Gasteiger partial charge in [-0.1, -0.05) is 91.5 Å². The molecule has 0 bridgehead atoms. The van der Waals surface area contributed by atoms with E-state index in [1.54, 1.807) is 0 Å². The van der Waals surface area contributed by atoms with Gasteiger partial charge in [-0.2, -0.15) is 0 Å². The molecule has 0 unspecified atom stereocenters. The Hall–Kier alpha value is -4.60. The molecule has 0 amide bonds. The Balaban J connectivity index is 1.67. The lowest BCUT2D eigenvalue weighted by atomic mass is 9.81. The quantitative estimate of drug-likeness (QED) is 0.142. The van der Waals surface area contributed by atoms with E-state index in [9.17, 15) is 4.79 Å². The molecule has 6 rings (SSSR count). The summed E-state index contributed by atoms with van der Waals surface area (Å²) in [6, 6.07) is 33.8. The molecule has 0 N–H and O–H groups in total. The zero-order valence-electron chi connectivity index (χ0n) is 22.1. The third kappa shape index (κ3) is 4.49. The highest BCUT2D eigenvalue weighted by Crippen LogP contribution is 2.49. The number of para-hydroxylation sites is 1. The first kappa shape index (κ1) is 25.7. The molecular formula is C36H28ClNO2. The number of carbonyl (C=O) groups excluding carboxylic acids is 1. The maximum Gasteiger partial charge on any atom is 0.197 e. The van der Waals surface area contributed by atoms with Gasteiger partial charge >= 0.3 is 0 Å². The number of hydrogen-bond acceptors (Lipinski definition) is 3. The number of carbonyl (C=O) groups is 1. The van der Waals surface area contributed by atoms with Crippen LogP contribution in [0, 0.1) is 0 Å². The normalized spacial score (nSPS) is 12.0. The zero-order valence-corrected chi connectivity index (χ0v) is 22.8. The summed E-state index contributed by atoms with van der Waals surface area (Å²) < 4.78 is 6.55. The van der Waals surface area contributed by atoms with Crippen LogP contribution in [-0.2, 0) is 12.8 Å². The minimum Gasteiger partial charge on any atom is -0.456 e. The topological polar surface area (TPSA) is 29.5 Å². The molecule has 0 atom stereocenters. The number of nitrogens with zero attached hydrogens (tertiary/aromatic N) is 1. The summed E-state index contributed by atoms with van der Waals surface area (Å²) in [6.45, 7) is 8.22. The largest absolute Gasteiger partial charge is 0.456 e. The molecule has 0 fully saturated rings. The van der Waals surface area contributed by atoms with Crippen LogP contribution in [0.3, 0.4) is 0 Å². The minimum atomic E-state index is -0.0486. The first-order chi connectivity index (χ1) is 19.6. The molecule has 0 heterocycles. The van der Waals surface area contributed by atoms with Gasteiger partial charge in [-0.05, 0) is 47.4 Å². The molecule has 0 aliphatic heterocycles. The van der Waals surface area contributed by atoms with E-state index in [0.717, 1.165) is 45.3 Å². The number of rotatable bonds is 8. The molecule has 40 heavy (non-hydrogen) atoms. The van der Waals surface area contributed by atoms with Crippen molar-refractivity contribution in [2.24, 2.45) is 0 Å². The molecule has 4 heteroatoms.